The van der Waals surface area contributed by atoms with Gasteiger partial charge in [-0.15, -0.1) is 0 Å². The normalized spacial score (nSPS) is 37.2. The maximum atomic E-state index is 3.69. The molecule has 2 fully saturated rings. The number of likely N-dealkylation sites (N-methyl/N-ethyl adjacent to an activating group) is 2. The van der Waals surface area contributed by atoms with E-state index in [0.717, 1.165) is 18.6 Å². The highest BCUT2D eigenvalue weighted by atomic mass is 15.3. The molecule has 3 unspecified atom stereocenters. The molecule has 3 atom stereocenters. The average molecular weight is 239 g/mol. The van der Waals surface area contributed by atoms with Crippen LogP contribution in [0.5, 0.6) is 0 Å². The van der Waals surface area contributed by atoms with Crippen molar-refractivity contribution >= 4 is 0 Å². The lowest BCUT2D eigenvalue weighted by atomic mass is 10.1. The first kappa shape index (κ1) is 13.3. The van der Waals surface area contributed by atoms with Crippen LogP contribution in [-0.2, 0) is 0 Å². The molecule has 1 aliphatic heterocycles. The number of hydrogen-bond acceptors (Lipinski definition) is 3. The maximum absolute atomic E-state index is 3.69. The molecule has 3 heteroatoms. The van der Waals surface area contributed by atoms with Crippen LogP contribution < -0.4 is 5.32 Å². The van der Waals surface area contributed by atoms with E-state index >= 15 is 0 Å². The molecule has 0 aromatic carbocycles. The molecule has 17 heavy (non-hydrogen) atoms. The second-order valence-corrected chi connectivity index (χ2v) is 5.87. The van der Waals surface area contributed by atoms with E-state index in [4.69, 9.17) is 0 Å². The first-order valence-corrected chi connectivity index (χ1v) is 7.40. The van der Waals surface area contributed by atoms with Crippen LogP contribution in [0.25, 0.3) is 0 Å². The molecule has 2 rings (SSSR count). The van der Waals surface area contributed by atoms with E-state index < -0.39 is 0 Å². The largest absolute Gasteiger partial charge is 0.313 e. The smallest absolute Gasteiger partial charge is 0.0252 e. The zero-order valence-corrected chi connectivity index (χ0v) is 11.8. The summed E-state index contributed by atoms with van der Waals surface area (Å²) in [5, 5.41) is 3.69. The van der Waals surface area contributed by atoms with Crippen molar-refractivity contribution in [3.63, 3.8) is 0 Å². The van der Waals surface area contributed by atoms with Crippen molar-refractivity contribution in [2.45, 2.75) is 57.7 Å². The van der Waals surface area contributed by atoms with Gasteiger partial charge >= 0.3 is 0 Å². The van der Waals surface area contributed by atoms with E-state index in [2.05, 4.69) is 36.0 Å². The zero-order chi connectivity index (χ0) is 12.3. The van der Waals surface area contributed by atoms with Gasteiger partial charge in [0.15, 0.2) is 0 Å². The Hall–Kier alpha value is -0.120. The van der Waals surface area contributed by atoms with Crippen molar-refractivity contribution < 1.29 is 0 Å². The van der Waals surface area contributed by atoms with Crippen molar-refractivity contribution in [1.82, 2.24) is 15.1 Å². The van der Waals surface area contributed by atoms with E-state index in [1.807, 2.05) is 0 Å². The van der Waals surface area contributed by atoms with Gasteiger partial charge in [-0.1, -0.05) is 13.3 Å². The Morgan fingerprint density at radius 3 is 2.76 bits per heavy atom. The lowest BCUT2D eigenvalue weighted by molar-refractivity contribution is 0.126. The first-order chi connectivity index (χ1) is 8.22. The molecule has 0 radical (unpaired) electrons. The molecule has 1 heterocycles. The van der Waals surface area contributed by atoms with E-state index in [0.29, 0.717) is 6.04 Å². The van der Waals surface area contributed by atoms with Crippen molar-refractivity contribution in [3.8, 4) is 0 Å². The first-order valence-electron chi connectivity index (χ1n) is 7.40. The Morgan fingerprint density at radius 2 is 2.00 bits per heavy atom. The van der Waals surface area contributed by atoms with Gasteiger partial charge in [-0.3, -0.25) is 4.90 Å². The Labute approximate surface area is 107 Å². The molecule has 3 nitrogen and oxygen atoms in total. The lowest BCUT2D eigenvalue weighted by Gasteiger charge is -2.37. The second kappa shape index (κ2) is 6.17. The number of nitrogens with one attached hydrogen (secondary N) is 1. The molecule has 1 aliphatic carbocycles. The van der Waals surface area contributed by atoms with Crippen molar-refractivity contribution in [3.05, 3.63) is 0 Å². The highest BCUT2D eigenvalue weighted by molar-refractivity contribution is 4.93. The van der Waals surface area contributed by atoms with Gasteiger partial charge < -0.3 is 10.2 Å². The quantitative estimate of drug-likeness (QED) is 0.806. The number of rotatable bonds is 3. The summed E-state index contributed by atoms with van der Waals surface area (Å²) in [7, 11) is 2.26. The molecular weight excluding hydrogens is 210 g/mol. The van der Waals surface area contributed by atoms with Crippen LogP contribution in [0, 0.1) is 0 Å². The van der Waals surface area contributed by atoms with E-state index in [9.17, 15) is 0 Å². The maximum Gasteiger partial charge on any atom is 0.0252 e. The highest BCUT2D eigenvalue weighted by Gasteiger charge is 2.34. The Bertz CT molecular complexity index is 232. The predicted molar refractivity (Wildman–Crippen MR) is 73.4 cm³/mol. The average Bonchev–Trinajstić information content (AvgIpc) is 2.66. The minimum atomic E-state index is 0.715. The van der Waals surface area contributed by atoms with Crippen LogP contribution in [0.15, 0.2) is 0 Å². The standard InChI is InChI=1S/C14H29N3/c1-4-15-13-7-5-8-14(13)17-10-6-9-16(3)11-12(17)2/h12-15H,4-11H2,1-3H3. The van der Waals surface area contributed by atoms with Gasteiger partial charge in [0.2, 0.25) is 0 Å². The minimum absolute atomic E-state index is 0.715. The molecule has 0 bridgehead atoms. The molecule has 1 saturated carbocycles. The van der Waals surface area contributed by atoms with Gasteiger partial charge in [0, 0.05) is 31.2 Å². The fourth-order valence-electron chi connectivity index (χ4n) is 3.72. The molecule has 0 aromatic heterocycles. The van der Waals surface area contributed by atoms with E-state index in [-0.39, 0.29) is 0 Å². The lowest BCUT2D eigenvalue weighted by Crippen LogP contribution is -2.51. The molecule has 0 aromatic rings. The fourth-order valence-corrected chi connectivity index (χ4v) is 3.72. The summed E-state index contributed by atoms with van der Waals surface area (Å²) in [6, 6.07) is 2.24. The van der Waals surface area contributed by atoms with E-state index in [1.54, 1.807) is 0 Å². The Kier molecular flexibility index (Phi) is 4.83. The van der Waals surface area contributed by atoms with Crippen molar-refractivity contribution in [2.75, 3.05) is 33.2 Å². The van der Waals surface area contributed by atoms with E-state index in [1.165, 1.54) is 45.3 Å². The highest BCUT2D eigenvalue weighted by Crippen LogP contribution is 2.27. The minimum Gasteiger partial charge on any atom is -0.313 e. The number of hydrogen-bond donors (Lipinski definition) is 1. The van der Waals surface area contributed by atoms with Crippen molar-refractivity contribution in [1.29, 1.82) is 0 Å². The summed E-state index contributed by atoms with van der Waals surface area (Å²) in [4.78, 5) is 5.27. The predicted octanol–water partition coefficient (Wildman–Crippen LogP) is 1.54. The molecular formula is C14H29N3. The summed E-state index contributed by atoms with van der Waals surface area (Å²) < 4.78 is 0. The summed E-state index contributed by atoms with van der Waals surface area (Å²) in [6.07, 6.45) is 5.50. The fraction of sp³-hybridized carbons (Fsp3) is 1.00. The zero-order valence-electron chi connectivity index (χ0n) is 11.8. The molecule has 1 saturated heterocycles. The summed E-state index contributed by atoms with van der Waals surface area (Å²) in [5.41, 5.74) is 0. The second-order valence-electron chi connectivity index (χ2n) is 5.87. The number of nitrogens with zero attached hydrogens (tertiary/aromatic N) is 2. The third-order valence-electron chi connectivity index (χ3n) is 4.47. The van der Waals surface area contributed by atoms with Crippen LogP contribution >= 0.6 is 0 Å². The molecule has 1 N–H and O–H groups in total. The molecule has 0 spiro atoms. The molecule has 100 valence electrons. The monoisotopic (exact) mass is 239 g/mol. The van der Waals surface area contributed by atoms with Gasteiger partial charge in [-0.05, 0) is 46.3 Å². The van der Waals surface area contributed by atoms with Crippen LogP contribution in [0.1, 0.15) is 39.5 Å². The SMILES string of the molecule is CCNC1CCCC1N1CCCN(C)CC1C. The molecule has 0 amide bonds. The Morgan fingerprint density at radius 1 is 1.18 bits per heavy atom. The van der Waals surface area contributed by atoms with Crippen LogP contribution in [0.4, 0.5) is 0 Å². The summed E-state index contributed by atoms with van der Waals surface area (Å²) in [5.74, 6) is 0. The third-order valence-corrected chi connectivity index (χ3v) is 4.47. The topological polar surface area (TPSA) is 18.5 Å². The Balaban J connectivity index is 1.99. The van der Waals surface area contributed by atoms with Gasteiger partial charge in [0.05, 0.1) is 0 Å². The van der Waals surface area contributed by atoms with Gasteiger partial charge in [-0.2, -0.15) is 0 Å². The summed E-state index contributed by atoms with van der Waals surface area (Å²) >= 11 is 0. The van der Waals surface area contributed by atoms with Crippen molar-refractivity contribution in [2.24, 2.45) is 0 Å². The van der Waals surface area contributed by atoms with Gasteiger partial charge in [0.25, 0.3) is 0 Å². The van der Waals surface area contributed by atoms with Gasteiger partial charge in [0.1, 0.15) is 0 Å². The third kappa shape index (κ3) is 3.21. The summed E-state index contributed by atoms with van der Waals surface area (Å²) in [6.45, 7) is 9.54. The molecule has 2 aliphatic rings. The van der Waals surface area contributed by atoms with Crippen LogP contribution in [-0.4, -0.2) is 61.2 Å². The van der Waals surface area contributed by atoms with Gasteiger partial charge in [-0.25, -0.2) is 0 Å². The van der Waals surface area contributed by atoms with Crippen LogP contribution in [0.2, 0.25) is 0 Å². The van der Waals surface area contributed by atoms with Crippen LogP contribution in [0.3, 0.4) is 0 Å².